The number of rotatable bonds is 3. The summed E-state index contributed by atoms with van der Waals surface area (Å²) in [5, 5.41) is 5.56. The van der Waals surface area contributed by atoms with Gasteiger partial charge >= 0.3 is 0 Å². The lowest BCUT2D eigenvalue weighted by molar-refractivity contribution is 1.15. The first-order valence-corrected chi connectivity index (χ1v) is 6.65. The Morgan fingerprint density at radius 2 is 1.80 bits per heavy atom. The number of benzene rings is 2. The van der Waals surface area contributed by atoms with Crippen LogP contribution >= 0.6 is 0 Å². The number of nitrogens with zero attached hydrogens (tertiary/aromatic N) is 1. The molecular formula is C17H17N3. The van der Waals surface area contributed by atoms with E-state index in [1.165, 1.54) is 11.1 Å². The van der Waals surface area contributed by atoms with Crippen LogP contribution in [0, 0.1) is 6.92 Å². The van der Waals surface area contributed by atoms with Crippen LogP contribution in [0.1, 0.15) is 11.1 Å². The summed E-state index contributed by atoms with van der Waals surface area (Å²) in [5.41, 5.74) is 10.4. The molecule has 100 valence electrons. The topological polar surface area (TPSA) is 50.9 Å². The molecule has 0 fully saturated rings. The van der Waals surface area contributed by atoms with Crippen LogP contribution in [0.5, 0.6) is 0 Å². The third-order valence-electron chi connectivity index (χ3n) is 3.46. The molecule has 2 aromatic carbocycles. The largest absolute Gasteiger partial charge is 0.398 e. The van der Waals surface area contributed by atoms with Crippen LogP contribution in [-0.4, -0.2) is 4.98 Å². The van der Waals surface area contributed by atoms with Gasteiger partial charge in [0, 0.05) is 41.1 Å². The molecule has 0 aliphatic carbocycles. The number of fused-ring (bicyclic) bond motifs is 1. The predicted octanol–water partition coefficient (Wildman–Crippen LogP) is 3.74. The fourth-order valence-electron chi connectivity index (χ4n) is 2.27. The summed E-state index contributed by atoms with van der Waals surface area (Å²) in [4.78, 5) is 4.14. The van der Waals surface area contributed by atoms with Gasteiger partial charge in [0.15, 0.2) is 0 Å². The van der Waals surface area contributed by atoms with Crippen molar-refractivity contribution in [2.45, 2.75) is 13.5 Å². The molecule has 0 aliphatic heterocycles. The summed E-state index contributed by atoms with van der Waals surface area (Å²) in [6.07, 6.45) is 3.60. The molecule has 0 aliphatic rings. The Hall–Kier alpha value is -2.55. The first-order valence-electron chi connectivity index (χ1n) is 6.65. The maximum Gasteiger partial charge on any atom is 0.0425 e. The van der Waals surface area contributed by atoms with Gasteiger partial charge in [-0.05, 0) is 30.7 Å². The molecule has 0 saturated carbocycles. The second-order valence-electron chi connectivity index (χ2n) is 4.96. The minimum Gasteiger partial charge on any atom is -0.398 e. The quantitative estimate of drug-likeness (QED) is 0.708. The van der Waals surface area contributed by atoms with E-state index in [9.17, 15) is 0 Å². The molecular weight excluding hydrogens is 246 g/mol. The molecule has 0 spiro atoms. The van der Waals surface area contributed by atoms with Crippen LogP contribution in [0.25, 0.3) is 10.8 Å². The standard InChI is InChI=1S/C17H17N3/c1-12-2-4-13(5-3-12)10-20-17-7-6-16(18)15-11-19-9-8-14(15)17/h2-9,11,20H,10,18H2,1H3. The first kappa shape index (κ1) is 12.5. The molecule has 1 heterocycles. The van der Waals surface area contributed by atoms with E-state index in [-0.39, 0.29) is 0 Å². The van der Waals surface area contributed by atoms with Gasteiger partial charge in [0.2, 0.25) is 0 Å². The number of pyridine rings is 1. The van der Waals surface area contributed by atoms with Gasteiger partial charge in [-0.25, -0.2) is 0 Å². The summed E-state index contributed by atoms with van der Waals surface area (Å²) in [5.74, 6) is 0. The number of aryl methyl sites for hydroxylation is 1. The third kappa shape index (κ3) is 2.43. The Labute approximate surface area is 118 Å². The SMILES string of the molecule is Cc1ccc(CNc2ccc(N)c3cnccc23)cc1. The van der Waals surface area contributed by atoms with Crippen molar-refractivity contribution in [1.82, 2.24) is 4.98 Å². The van der Waals surface area contributed by atoms with E-state index in [2.05, 4.69) is 41.5 Å². The lowest BCUT2D eigenvalue weighted by Crippen LogP contribution is -2.01. The van der Waals surface area contributed by atoms with Crippen LogP contribution in [0.4, 0.5) is 11.4 Å². The predicted molar refractivity (Wildman–Crippen MR) is 84.7 cm³/mol. The number of nitrogens with two attached hydrogens (primary N) is 1. The minimum absolute atomic E-state index is 0.758. The Morgan fingerprint density at radius 1 is 1.00 bits per heavy atom. The number of aromatic nitrogens is 1. The van der Waals surface area contributed by atoms with Gasteiger partial charge in [0.25, 0.3) is 0 Å². The summed E-state index contributed by atoms with van der Waals surface area (Å²) >= 11 is 0. The molecule has 0 saturated heterocycles. The van der Waals surface area contributed by atoms with Crippen molar-refractivity contribution in [1.29, 1.82) is 0 Å². The minimum atomic E-state index is 0.758. The molecule has 3 N–H and O–H groups in total. The molecule has 3 rings (SSSR count). The van der Waals surface area contributed by atoms with Gasteiger partial charge in [-0.3, -0.25) is 4.98 Å². The van der Waals surface area contributed by atoms with Crippen molar-refractivity contribution in [3.05, 3.63) is 66.0 Å². The van der Waals surface area contributed by atoms with Crippen molar-refractivity contribution in [2.75, 3.05) is 11.1 Å². The molecule has 0 unspecified atom stereocenters. The van der Waals surface area contributed by atoms with Gasteiger partial charge in [0.05, 0.1) is 0 Å². The molecule has 3 heteroatoms. The Morgan fingerprint density at radius 3 is 2.60 bits per heavy atom. The fraction of sp³-hybridized carbons (Fsp3) is 0.118. The van der Waals surface area contributed by atoms with E-state index in [1.54, 1.807) is 6.20 Å². The molecule has 0 bridgehead atoms. The maximum atomic E-state index is 5.98. The van der Waals surface area contributed by atoms with Crippen molar-refractivity contribution in [2.24, 2.45) is 0 Å². The number of nitrogens with one attached hydrogen (secondary N) is 1. The van der Waals surface area contributed by atoms with Gasteiger partial charge in [0.1, 0.15) is 0 Å². The van der Waals surface area contributed by atoms with Crippen LogP contribution in [0.3, 0.4) is 0 Å². The summed E-state index contributed by atoms with van der Waals surface area (Å²) in [7, 11) is 0. The lowest BCUT2D eigenvalue weighted by Gasteiger charge is -2.11. The monoisotopic (exact) mass is 263 g/mol. The summed E-state index contributed by atoms with van der Waals surface area (Å²) in [6.45, 7) is 2.89. The number of anilines is 2. The molecule has 1 aromatic heterocycles. The van der Waals surface area contributed by atoms with Crippen molar-refractivity contribution >= 4 is 22.1 Å². The smallest absolute Gasteiger partial charge is 0.0425 e. The highest BCUT2D eigenvalue weighted by molar-refractivity contribution is 6.00. The van der Waals surface area contributed by atoms with E-state index in [0.29, 0.717) is 0 Å². The Kier molecular flexibility index (Phi) is 3.25. The zero-order valence-electron chi connectivity index (χ0n) is 11.4. The highest BCUT2D eigenvalue weighted by Crippen LogP contribution is 2.27. The van der Waals surface area contributed by atoms with E-state index in [4.69, 9.17) is 5.73 Å². The highest BCUT2D eigenvalue weighted by atomic mass is 14.9. The third-order valence-corrected chi connectivity index (χ3v) is 3.46. The first-order chi connectivity index (χ1) is 9.74. The average Bonchev–Trinajstić information content (AvgIpc) is 2.49. The lowest BCUT2D eigenvalue weighted by atomic mass is 10.1. The second-order valence-corrected chi connectivity index (χ2v) is 4.96. The molecule has 3 aromatic rings. The zero-order valence-corrected chi connectivity index (χ0v) is 11.4. The molecule has 20 heavy (non-hydrogen) atoms. The second kappa shape index (κ2) is 5.21. The normalized spacial score (nSPS) is 10.7. The van der Waals surface area contributed by atoms with E-state index >= 15 is 0 Å². The van der Waals surface area contributed by atoms with Crippen LogP contribution < -0.4 is 11.1 Å². The van der Waals surface area contributed by atoms with Crippen LogP contribution in [-0.2, 0) is 6.54 Å². The van der Waals surface area contributed by atoms with Gasteiger partial charge < -0.3 is 11.1 Å². The average molecular weight is 263 g/mol. The summed E-state index contributed by atoms with van der Waals surface area (Å²) in [6, 6.07) is 14.5. The number of hydrogen-bond acceptors (Lipinski definition) is 3. The van der Waals surface area contributed by atoms with Crippen LogP contribution in [0.15, 0.2) is 54.9 Å². The molecule has 3 nitrogen and oxygen atoms in total. The van der Waals surface area contributed by atoms with E-state index < -0.39 is 0 Å². The molecule has 0 amide bonds. The fourth-order valence-corrected chi connectivity index (χ4v) is 2.27. The molecule has 0 radical (unpaired) electrons. The number of hydrogen-bond donors (Lipinski definition) is 2. The van der Waals surface area contributed by atoms with Crippen molar-refractivity contribution in [3.63, 3.8) is 0 Å². The van der Waals surface area contributed by atoms with E-state index in [0.717, 1.165) is 28.7 Å². The zero-order chi connectivity index (χ0) is 13.9. The van der Waals surface area contributed by atoms with Gasteiger partial charge in [-0.1, -0.05) is 29.8 Å². The summed E-state index contributed by atoms with van der Waals surface area (Å²) < 4.78 is 0. The van der Waals surface area contributed by atoms with Crippen molar-refractivity contribution in [3.8, 4) is 0 Å². The molecule has 0 atom stereocenters. The maximum absolute atomic E-state index is 5.98. The Bertz CT molecular complexity index is 733. The van der Waals surface area contributed by atoms with E-state index in [1.807, 2.05) is 24.4 Å². The van der Waals surface area contributed by atoms with Crippen LogP contribution in [0.2, 0.25) is 0 Å². The van der Waals surface area contributed by atoms with Gasteiger partial charge in [-0.2, -0.15) is 0 Å². The van der Waals surface area contributed by atoms with Crippen molar-refractivity contribution < 1.29 is 0 Å². The van der Waals surface area contributed by atoms with Gasteiger partial charge in [-0.15, -0.1) is 0 Å². The highest BCUT2D eigenvalue weighted by Gasteiger charge is 2.03. The number of nitrogen functional groups attached to an aromatic ring is 1. The Balaban J connectivity index is 1.88.